The Hall–Kier alpha value is -2.66. The number of aryl methyl sites for hydroxylation is 1. The SMILES string of the molecule is CCN(CC)C(CNC(=O)CC(NC(C)=O)c1ccc(C)cc1)c1ccccc1. The predicted octanol–water partition coefficient (Wildman–Crippen LogP) is 3.76. The molecule has 2 N–H and O–H groups in total. The van der Waals surface area contributed by atoms with Gasteiger partial charge in [0.25, 0.3) is 0 Å². The largest absolute Gasteiger partial charge is 0.354 e. The van der Waals surface area contributed by atoms with Gasteiger partial charge in [-0.3, -0.25) is 14.5 Å². The molecule has 0 saturated carbocycles. The highest BCUT2D eigenvalue weighted by Gasteiger charge is 2.21. The molecule has 156 valence electrons. The summed E-state index contributed by atoms with van der Waals surface area (Å²) in [6.45, 7) is 10.1. The van der Waals surface area contributed by atoms with Crippen molar-refractivity contribution in [3.63, 3.8) is 0 Å². The minimum Gasteiger partial charge on any atom is -0.354 e. The van der Waals surface area contributed by atoms with Gasteiger partial charge in [-0.25, -0.2) is 0 Å². The summed E-state index contributed by atoms with van der Waals surface area (Å²) in [6, 6.07) is 17.9. The topological polar surface area (TPSA) is 61.4 Å². The second-order valence-corrected chi connectivity index (χ2v) is 7.32. The number of benzene rings is 2. The number of likely N-dealkylation sites (N-methyl/N-ethyl adjacent to an activating group) is 1. The minimum absolute atomic E-state index is 0.0718. The molecule has 0 spiro atoms. The quantitative estimate of drug-likeness (QED) is 0.644. The van der Waals surface area contributed by atoms with E-state index in [1.165, 1.54) is 12.5 Å². The second-order valence-electron chi connectivity index (χ2n) is 7.32. The molecule has 0 radical (unpaired) electrons. The van der Waals surface area contributed by atoms with Crippen LogP contribution in [0.15, 0.2) is 54.6 Å². The molecule has 5 nitrogen and oxygen atoms in total. The van der Waals surface area contributed by atoms with Crippen molar-refractivity contribution >= 4 is 11.8 Å². The molecule has 2 amide bonds. The lowest BCUT2D eigenvalue weighted by atomic mass is 10.0. The monoisotopic (exact) mass is 395 g/mol. The van der Waals surface area contributed by atoms with E-state index in [0.717, 1.165) is 24.2 Å². The third-order valence-corrected chi connectivity index (χ3v) is 5.18. The van der Waals surface area contributed by atoms with Gasteiger partial charge in [0.05, 0.1) is 18.5 Å². The van der Waals surface area contributed by atoms with Gasteiger partial charge in [-0.2, -0.15) is 0 Å². The Kier molecular flexibility index (Phi) is 8.87. The normalized spacial score (nSPS) is 13.0. The van der Waals surface area contributed by atoms with Crippen molar-refractivity contribution in [1.82, 2.24) is 15.5 Å². The van der Waals surface area contributed by atoms with Crippen LogP contribution in [-0.2, 0) is 9.59 Å². The zero-order valence-electron chi connectivity index (χ0n) is 17.9. The minimum atomic E-state index is -0.336. The van der Waals surface area contributed by atoms with Gasteiger partial charge in [0.15, 0.2) is 0 Å². The van der Waals surface area contributed by atoms with E-state index >= 15 is 0 Å². The summed E-state index contributed by atoms with van der Waals surface area (Å²) in [5.74, 6) is -0.217. The number of carbonyl (C=O) groups is 2. The smallest absolute Gasteiger partial charge is 0.222 e. The fourth-order valence-corrected chi connectivity index (χ4v) is 3.56. The molecule has 0 aromatic heterocycles. The molecule has 0 aliphatic rings. The van der Waals surface area contributed by atoms with Gasteiger partial charge in [0, 0.05) is 13.5 Å². The number of hydrogen-bond acceptors (Lipinski definition) is 3. The van der Waals surface area contributed by atoms with Crippen LogP contribution in [0, 0.1) is 6.92 Å². The van der Waals surface area contributed by atoms with Crippen molar-refractivity contribution in [2.24, 2.45) is 0 Å². The lowest BCUT2D eigenvalue weighted by Gasteiger charge is -2.30. The standard InChI is InChI=1S/C24H33N3O2/c1-5-27(6-2)23(21-10-8-7-9-11-21)17-25-24(29)16-22(26-19(4)28)20-14-12-18(3)13-15-20/h7-15,22-23H,5-6,16-17H2,1-4H3,(H,25,29)(H,26,28). The van der Waals surface area contributed by atoms with Gasteiger partial charge in [0.1, 0.15) is 0 Å². The molecule has 0 aliphatic heterocycles. The van der Waals surface area contributed by atoms with Gasteiger partial charge < -0.3 is 10.6 Å². The maximum absolute atomic E-state index is 12.7. The molecule has 0 aliphatic carbocycles. The first-order valence-electron chi connectivity index (χ1n) is 10.3. The Morgan fingerprint density at radius 1 is 0.931 bits per heavy atom. The van der Waals surface area contributed by atoms with Gasteiger partial charge in [-0.1, -0.05) is 74.0 Å². The molecule has 2 unspecified atom stereocenters. The van der Waals surface area contributed by atoms with E-state index < -0.39 is 0 Å². The maximum Gasteiger partial charge on any atom is 0.222 e. The van der Waals surface area contributed by atoms with Crippen LogP contribution < -0.4 is 10.6 Å². The van der Waals surface area contributed by atoms with Crippen molar-refractivity contribution < 1.29 is 9.59 Å². The molecular weight excluding hydrogens is 362 g/mol. The Labute approximate surface area is 174 Å². The number of nitrogens with zero attached hydrogens (tertiary/aromatic N) is 1. The van der Waals surface area contributed by atoms with E-state index in [9.17, 15) is 9.59 Å². The Balaban J connectivity index is 2.07. The Morgan fingerprint density at radius 2 is 1.55 bits per heavy atom. The van der Waals surface area contributed by atoms with Crippen molar-refractivity contribution in [3.05, 3.63) is 71.3 Å². The van der Waals surface area contributed by atoms with Crippen molar-refractivity contribution in [2.75, 3.05) is 19.6 Å². The average Bonchev–Trinajstić information content (AvgIpc) is 2.71. The molecule has 2 rings (SSSR count). The summed E-state index contributed by atoms with van der Waals surface area (Å²) in [5.41, 5.74) is 3.27. The fourth-order valence-electron chi connectivity index (χ4n) is 3.56. The highest BCUT2D eigenvalue weighted by molar-refractivity contribution is 5.79. The van der Waals surface area contributed by atoms with Crippen LogP contribution in [0.5, 0.6) is 0 Å². The van der Waals surface area contributed by atoms with Crippen molar-refractivity contribution in [2.45, 2.75) is 46.2 Å². The molecule has 2 aromatic carbocycles. The molecule has 29 heavy (non-hydrogen) atoms. The Morgan fingerprint density at radius 3 is 2.10 bits per heavy atom. The summed E-state index contributed by atoms with van der Waals surface area (Å²) < 4.78 is 0. The third kappa shape index (κ3) is 7.02. The van der Waals surface area contributed by atoms with E-state index in [0.29, 0.717) is 6.54 Å². The highest BCUT2D eigenvalue weighted by atomic mass is 16.2. The van der Waals surface area contributed by atoms with Crippen LogP contribution in [0.1, 0.15) is 56.0 Å². The number of amides is 2. The number of rotatable bonds is 10. The van der Waals surface area contributed by atoms with E-state index in [-0.39, 0.29) is 30.3 Å². The van der Waals surface area contributed by atoms with Crippen molar-refractivity contribution in [1.29, 1.82) is 0 Å². The van der Waals surface area contributed by atoms with Crippen LogP contribution in [0.3, 0.4) is 0 Å². The van der Waals surface area contributed by atoms with E-state index in [4.69, 9.17) is 0 Å². The zero-order valence-corrected chi connectivity index (χ0v) is 17.9. The van der Waals surface area contributed by atoms with E-state index in [1.54, 1.807) is 0 Å². The maximum atomic E-state index is 12.7. The first-order valence-corrected chi connectivity index (χ1v) is 10.3. The average molecular weight is 396 g/mol. The first kappa shape index (κ1) is 22.6. The number of hydrogen-bond donors (Lipinski definition) is 2. The zero-order chi connectivity index (χ0) is 21.2. The molecule has 0 fully saturated rings. The van der Waals surface area contributed by atoms with E-state index in [1.807, 2.05) is 49.4 Å². The molecule has 0 saturated heterocycles. The lowest BCUT2D eigenvalue weighted by molar-refractivity contribution is -0.123. The van der Waals surface area contributed by atoms with E-state index in [2.05, 4.69) is 41.5 Å². The van der Waals surface area contributed by atoms with Crippen LogP contribution in [-0.4, -0.2) is 36.3 Å². The molecule has 5 heteroatoms. The molecule has 0 heterocycles. The molecule has 2 aromatic rings. The first-order chi connectivity index (χ1) is 13.9. The van der Waals surface area contributed by atoms with Gasteiger partial charge >= 0.3 is 0 Å². The molecule has 2 atom stereocenters. The molecular formula is C24H33N3O2. The second kappa shape index (κ2) is 11.4. The predicted molar refractivity (Wildman–Crippen MR) is 117 cm³/mol. The van der Waals surface area contributed by atoms with Gasteiger partial charge in [-0.05, 0) is 31.1 Å². The summed E-state index contributed by atoms with van der Waals surface area (Å²) in [6.07, 6.45) is 0.211. The Bertz CT molecular complexity index is 770. The van der Waals surface area contributed by atoms with Crippen LogP contribution >= 0.6 is 0 Å². The van der Waals surface area contributed by atoms with Gasteiger partial charge in [0.2, 0.25) is 11.8 Å². The summed E-state index contributed by atoms with van der Waals surface area (Å²) in [4.78, 5) is 26.7. The summed E-state index contributed by atoms with van der Waals surface area (Å²) in [7, 11) is 0. The van der Waals surface area contributed by atoms with Crippen molar-refractivity contribution in [3.8, 4) is 0 Å². The summed E-state index contributed by atoms with van der Waals surface area (Å²) >= 11 is 0. The van der Waals surface area contributed by atoms with Gasteiger partial charge in [-0.15, -0.1) is 0 Å². The fraction of sp³-hybridized carbons (Fsp3) is 0.417. The van der Waals surface area contributed by atoms with Crippen LogP contribution in [0.4, 0.5) is 0 Å². The third-order valence-electron chi connectivity index (χ3n) is 5.18. The number of carbonyl (C=O) groups excluding carboxylic acids is 2. The molecule has 0 bridgehead atoms. The summed E-state index contributed by atoms with van der Waals surface area (Å²) in [5, 5.41) is 5.98. The highest BCUT2D eigenvalue weighted by Crippen LogP contribution is 2.21. The van der Waals surface area contributed by atoms with Crippen LogP contribution in [0.2, 0.25) is 0 Å². The van der Waals surface area contributed by atoms with Crippen LogP contribution in [0.25, 0.3) is 0 Å². The number of nitrogens with one attached hydrogen (secondary N) is 2. The lowest BCUT2D eigenvalue weighted by Crippen LogP contribution is -2.39.